The minimum Gasteiger partial charge on any atom is -0.464 e. The number of allylic oxidation sites excluding steroid dienone is 3. The van der Waals surface area contributed by atoms with E-state index in [9.17, 15) is 9.90 Å². The second-order valence-electron chi connectivity index (χ2n) is 12.4. The minimum atomic E-state index is -0.540. The molecule has 0 aromatic heterocycles. The Morgan fingerprint density at radius 3 is 2.65 bits per heavy atom. The van der Waals surface area contributed by atoms with E-state index < -0.39 is 5.60 Å². The number of hydrogen-bond acceptors (Lipinski definition) is 3. The molecule has 3 heteroatoms. The molecular weight excluding hydrogens is 384 g/mol. The van der Waals surface area contributed by atoms with E-state index in [-0.39, 0.29) is 11.5 Å². The highest BCUT2D eigenvalue weighted by molar-refractivity contribution is 5.41. The third kappa shape index (κ3) is 4.16. The molecule has 0 radical (unpaired) electrons. The summed E-state index contributed by atoms with van der Waals surface area (Å²) in [7, 11) is 0. The predicted molar refractivity (Wildman–Crippen MR) is 125 cm³/mol. The van der Waals surface area contributed by atoms with Gasteiger partial charge in [0, 0.05) is 6.42 Å². The molecule has 174 valence electrons. The Hall–Kier alpha value is -1.09. The summed E-state index contributed by atoms with van der Waals surface area (Å²) in [5.41, 5.74) is 3.39. The maximum atomic E-state index is 10.8. The van der Waals surface area contributed by atoms with Gasteiger partial charge in [-0.25, -0.2) is 0 Å². The smallest absolute Gasteiger partial charge is 0.293 e. The van der Waals surface area contributed by atoms with Crippen LogP contribution in [0.3, 0.4) is 0 Å². The number of aliphatic hydroxyl groups is 1. The molecule has 31 heavy (non-hydrogen) atoms. The third-order valence-electron chi connectivity index (χ3n) is 9.98. The zero-order chi connectivity index (χ0) is 22.4. The number of fused-ring (bicyclic) bond motifs is 5. The minimum absolute atomic E-state index is 0.0706. The normalized spacial score (nSPS) is 40.7. The second-order valence-corrected chi connectivity index (χ2v) is 12.4. The molecule has 3 fully saturated rings. The molecule has 0 bridgehead atoms. The Balaban J connectivity index is 1.50. The SMILES string of the molecule is C[C@H](CCCC(C)(C)O)[C@H]1CC[C@H]2C3=CC=C4CC(OC=O)CC[C@]4(C)[C@H]3CC[C@]12C. The summed E-state index contributed by atoms with van der Waals surface area (Å²) in [6, 6.07) is 0. The first-order chi connectivity index (χ1) is 14.6. The maximum Gasteiger partial charge on any atom is 0.293 e. The molecule has 0 aliphatic heterocycles. The van der Waals surface area contributed by atoms with Crippen molar-refractivity contribution >= 4 is 6.47 Å². The summed E-state index contributed by atoms with van der Waals surface area (Å²) in [4.78, 5) is 10.8. The van der Waals surface area contributed by atoms with E-state index in [2.05, 4.69) is 32.9 Å². The van der Waals surface area contributed by atoms with Crippen LogP contribution in [0.1, 0.15) is 98.8 Å². The predicted octanol–water partition coefficient (Wildman–Crippen LogP) is 6.60. The molecule has 0 aromatic rings. The highest BCUT2D eigenvalue weighted by Crippen LogP contribution is 2.66. The monoisotopic (exact) mass is 428 g/mol. The van der Waals surface area contributed by atoms with Gasteiger partial charge in [-0.1, -0.05) is 56.9 Å². The largest absolute Gasteiger partial charge is 0.464 e. The average molecular weight is 429 g/mol. The topological polar surface area (TPSA) is 46.5 Å². The number of ether oxygens (including phenoxy) is 1. The van der Waals surface area contributed by atoms with Crippen molar-refractivity contribution in [2.75, 3.05) is 0 Å². The first-order valence-electron chi connectivity index (χ1n) is 12.8. The van der Waals surface area contributed by atoms with Crippen LogP contribution in [0.15, 0.2) is 23.3 Å². The summed E-state index contributed by atoms with van der Waals surface area (Å²) >= 11 is 0. The van der Waals surface area contributed by atoms with Crippen LogP contribution in [-0.2, 0) is 9.53 Å². The van der Waals surface area contributed by atoms with E-state index in [1.54, 1.807) is 5.57 Å². The van der Waals surface area contributed by atoms with Crippen molar-refractivity contribution in [2.24, 2.45) is 34.5 Å². The van der Waals surface area contributed by atoms with Crippen molar-refractivity contribution in [1.29, 1.82) is 0 Å². The van der Waals surface area contributed by atoms with E-state index in [1.165, 1.54) is 37.7 Å². The first-order valence-corrected chi connectivity index (χ1v) is 12.8. The summed E-state index contributed by atoms with van der Waals surface area (Å²) in [6.45, 7) is 12.0. The van der Waals surface area contributed by atoms with Crippen LogP contribution >= 0.6 is 0 Å². The Morgan fingerprint density at radius 1 is 1.16 bits per heavy atom. The van der Waals surface area contributed by atoms with Crippen LogP contribution in [0.5, 0.6) is 0 Å². The van der Waals surface area contributed by atoms with Gasteiger partial charge in [-0.2, -0.15) is 0 Å². The molecule has 4 aliphatic carbocycles. The maximum absolute atomic E-state index is 10.8. The number of carbonyl (C=O) groups is 1. The van der Waals surface area contributed by atoms with Gasteiger partial charge in [0.15, 0.2) is 0 Å². The fraction of sp³-hybridized carbons (Fsp3) is 0.821. The molecule has 7 atom stereocenters. The highest BCUT2D eigenvalue weighted by Gasteiger charge is 2.57. The Labute approximate surface area is 189 Å². The van der Waals surface area contributed by atoms with Gasteiger partial charge in [0.2, 0.25) is 0 Å². The van der Waals surface area contributed by atoms with E-state index in [0.29, 0.717) is 17.8 Å². The molecule has 0 aromatic carbocycles. The van der Waals surface area contributed by atoms with Gasteiger partial charge in [-0.15, -0.1) is 0 Å². The zero-order valence-corrected chi connectivity index (χ0v) is 20.5. The van der Waals surface area contributed by atoms with Crippen LogP contribution in [0.25, 0.3) is 0 Å². The summed E-state index contributed by atoms with van der Waals surface area (Å²) < 4.78 is 5.33. The molecule has 3 nitrogen and oxygen atoms in total. The van der Waals surface area contributed by atoms with Crippen LogP contribution in [0.4, 0.5) is 0 Å². The van der Waals surface area contributed by atoms with Gasteiger partial charge in [0.05, 0.1) is 5.60 Å². The molecule has 0 saturated heterocycles. The van der Waals surface area contributed by atoms with Crippen molar-refractivity contribution < 1.29 is 14.6 Å². The summed E-state index contributed by atoms with van der Waals surface area (Å²) in [6.07, 6.45) is 16.6. The van der Waals surface area contributed by atoms with Crippen molar-refractivity contribution in [3.63, 3.8) is 0 Å². The lowest BCUT2D eigenvalue weighted by molar-refractivity contribution is -0.135. The molecule has 4 aliphatic rings. The Morgan fingerprint density at radius 2 is 1.94 bits per heavy atom. The molecule has 0 spiro atoms. The number of carbonyl (C=O) groups excluding carboxylic acids is 1. The van der Waals surface area contributed by atoms with Crippen LogP contribution in [0, 0.1) is 34.5 Å². The van der Waals surface area contributed by atoms with Crippen LogP contribution in [0.2, 0.25) is 0 Å². The molecule has 0 heterocycles. The molecule has 3 saturated carbocycles. The second kappa shape index (κ2) is 8.36. The number of rotatable bonds is 7. The lowest BCUT2D eigenvalue weighted by Gasteiger charge is -2.55. The fourth-order valence-corrected chi connectivity index (χ4v) is 8.20. The lowest BCUT2D eigenvalue weighted by Crippen LogP contribution is -2.46. The van der Waals surface area contributed by atoms with Gasteiger partial charge in [-0.3, -0.25) is 4.79 Å². The summed E-state index contributed by atoms with van der Waals surface area (Å²) in [5, 5.41) is 10.1. The van der Waals surface area contributed by atoms with Crippen molar-refractivity contribution in [3.05, 3.63) is 23.3 Å². The standard InChI is InChI=1S/C28H44O3/c1-19(7-6-14-26(2,3)30)23-10-11-24-22-9-8-20-17-21(31-18-29)12-15-27(20,4)25(22)13-16-28(23,24)5/h8-9,18-19,21,23-25,30H,6-7,10-17H2,1-5H3/t19-,21?,23-,24+,25+,27+,28-/m1/s1. The molecule has 4 rings (SSSR count). The van der Waals surface area contributed by atoms with Crippen LogP contribution in [-0.4, -0.2) is 23.3 Å². The molecule has 1 unspecified atom stereocenters. The molecule has 1 N–H and O–H groups in total. The van der Waals surface area contributed by atoms with Gasteiger partial charge in [0.25, 0.3) is 6.47 Å². The number of hydrogen-bond donors (Lipinski definition) is 1. The third-order valence-corrected chi connectivity index (χ3v) is 9.98. The van der Waals surface area contributed by atoms with Gasteiger partial charge in [0.1, 0.15) is 6.10 Å². The van der Waals surface area contributed by atoms with Gasteiger partial charge in [-0.05, 0) is 93.3 Å². The zero-order valence-electron chi connectivity index (χ0n) is 20.5. The van der Waals surface area contributed by atoms with E-state index in [4.69, 9.17) is 4.74 Å². The first kappa shape index (κ1) is 23.1. The van der Waals surface area contributed by atoms with E-state index in [0.717, 1.165) is 49.9 Å². The fourth-order valence-electron chi connectivity index (χ4n) is 8.20. The Bertz CT molecular complexity index is 744. The van der Waals surface area contributed by atoms with Gasteiger partial charge >= 0.3 is 0 Å². The summed E-state index contributed by atoms with van der Waals surface area (Å²) in [5.74, 6) is 2.94. The quantitative estimate of drug-likeness (QED) is 0.464. The van der Waals surface area contributed by atoms with E-state index in [1.807, 2.05) is 13.8 Å². The average Bonchev–Trinajstić information content (AvgIpc) is 3.05. The van der Waals surface area contributed by atoms with Crippen molar-refractivity contribution in [1.82, 2.24) is 0 Å². The lowest BCUT2D eigenvalue weighted by atomic mass is 9.50. The van der Waals surface area contributed by atoms with Crippen molar-refractivity contribution in [2.45, 2.75) is 111 Å². The van der Waals surface area contributed by atoms with Gasteiger partial charge < -0.3 is 9.84 Å². The Kier molecular flexibility index (Phi) is 6.22. The van der Waals surface area contributed by atoms with E-state index >= 15 is 0 Å². The van der Waals surface area contributed by atoms with Crippen LogP contribution < -0.4 is 0 Å². The van der Waals surface area contributed by atoms with Crippen molar-refractivity contribution in [3.8, 4) is 0 Å². The highest BCUT2D eigenvalue weighted by atomic mass is 16.5. The molecular formula is C28H44O3. The molecule has 0 amide bonds.